The molecule has 0 fully saturated rings. The van der Waals surface area contributed by atoms with Crippen molar-refractivity contribution >= 4 is 0 Å². The van der Waals surface area contributed by atoms with Crippen LogP contribution in [0.4, 0.5) is 0 Å². The molecule has 0 aliphatic rings. The molecule has 1 atom stereocenters. The molecule has 1 N–H and O–H groups in total. The van der Waals surface area contributed by atoms with E-state index in [0.29, 0.717) is 0 Å². The van der Waals surface area contributed by atoms with Gasteiger partial charge in [-0.1, -0.05) is 45.0 Å². The molecule has 0 bridgehead atoms. The number of aromatic amines is 1. The van der Waals surface area contributed by atoms with E-state index in [1.165, 1.54) is 27.8 Å². The lowest BCUT2D eigenvalue weighted by Crippen LogP contribution is -2.16. The summed E-state index contributed by atoms with van der Waals surface area (Å²) in [6.45, 7) is 13.1. The Morgan fingerprint density at radius 2 is 1.62 bits per heavy atom. The molecule has 3 nitrogen and oxygen atoms in total. The first kappa shape index (κ1) is 18.2. The van der Waals surface area contributed by atoms with Crippen LogP contribution >= 0.6 is 0 Å². The largest absolute Gasteiger partial charge is 0.479 e. The number of ether oxygens (including phenoxy) is 1. The summed E-state index contributed by atoms with van der Waals surface area (Å²) in [5.41, 5.74) is 7.21. The number of H-pyrrole nitrogens is 1. The zero-order valence-corrected chi connectivity index (χ0v) is 16.6. The van der Waals surface area contributed by atoms with Crippen LogP contribution in [0, 0.1) is 20.8 Å². The molecule has 3 heteroatoms. The van der Waals surface area contributed by atoms with Gasteiger partial charge in [-0.05, 0) is 66.6 Å². The van der Waals surface area contributed by atoms with E-state index in [2.05, 4.69) is 82.1 Å². The summed E-state index contributed by atoms with van der Waals surface area (Å²) in [5.74, 6) is 0.869. The number of nitrogens with one attached hydrogen (secondary N) is 1. The second-order valence-electron chi connectivity index (χ2n) is 8.08. The molecule has 0 aliphatic carbocycles. The lowest BCUT2D eigenvalue weighted by Gasteiger charge is -2.25. The van der Waals surface area contributed by atoms with Crippen LogP contribution in [0.2, 0.25) is 0 Å². The SMILES string of the molecule is Cc1ccc(OC(c2ccn[nH]2)c2cc(C(C)(C)C)ccc2C)cc1C. The Hall–Kier alpha value is -2.55. The van der Waals surface area contributed by atoms with Crippen molar-refractivity contribution < 1.29 is 4.74 Å². The van der Waals surface area contributed by atoms with Crippen molar-refractivity contribution in [2.75, 3.05) is 0 Å². The summed E-state index contributed by atoms with van der Waals surface area (Å²) in [7, 11) is 0. The smallest absolute Gasteiger partial charge is 0.165 e. The van der Waals surface area contributed by atoms with Crippen LogP contribution in [0.3, 0.4) is 0 Å². The Morgan fingerprint density at radius 1 is 0.885 bits per heavy atom. The highest BCUT2D eigenvalue weighted by atomic mass is 16.5. The molecule has 0 saturated carbocycles. The molecule has 136 valence electrons. The first-order valence-electron chi connectivity index (χ1n) is 9.10. The topological polar surface area (TPSA) is 37.9 Å². The van der Waals surface area contributed by atoms with E-state index < -0.39 is 0 Å². The van der Waals surface area contributed by atoms with Crippen molar-refractivity contribution in [2.24, 2.45) is 0 Å². The number of hydrogen-bond acceptors (Lipinski definition) is 2. The number of nitrogens with zero attached hydrogens (tertiary/aromatic N) is 1. The lowest BCUT2D eigenvalue weighted by atomic mass is 9.84. The van der Waals surface area contributed by atoms with E-state index in [-0.39, 0.29) is 11.5 Å². The molecule has 3 aromatic rings. The highest BCUT2D eigenvalue weighted by molar-refractivity contribution is 5.41. The van der Waals surface area contributed by atoms with Gasteiger partial charge in [-0.15, -0.1) is 0 Å². The molecule has 3 rings (SSSR count). The van der Waals surface area contributed by atoms with Gasteiger partial charge in [0.25, 0.3) is 0 Å². The first-order valence-corrected chi connectivity index (χ1v) is 9.10. The van der Waals surface area contributed by atoms with Crippen molar-refractivity contribution in [1.29, 1.82) is 0 Å². The number of rotatable bonds is 4. The average molecular weight is 348 g/mol. The summed E-state index contributed by atoms with van der Waals surface area (Å²) in [5, 5.41) is 7.23. The van der Waals surface area contributed by atoms with Gasteiger partial charge in [0.2, 0.25) is 0 Å². The van der Waals surface area contributed by atoms with E-state index in [9.17, 15) is 0 Å². The molecule has 1 heterocycles. The van der Waals surface area contributed by atoms with Gasteiger partial charge in [0.1, 0.15) is 5.75 Å². The summed E-state index contributed by atoms with van der Waals surface area (Å²) in [6, 6.07) is 14.9. The van der Waals surface area contributed by atoms with Gasteiger partial charge in [-0.25, -0.2) is 0 Å². The van der Waals surface area contributed by atoms with E-state index in [1.807, 2.05) is 12.1 Å². The Bertz CT molecular complexity index is 889. The van der Waals surface area contributed by atoms with Gasteiger partial charge < -0.3 is 4.74 Å². The predicted octanol–water partition coefficient (Wildman–Crippen LogP) is 5.80. The highest BCUT2D eigenvalue weighted by Crippen LogP contribution is 2.33. The number of aryl methyl sites for hydroxylation is 3. The molecule has 26 heavy (non-hydrogen) atoms. The van der Waals surface area contributed by atoms with Crippen molar-refractivity contribution in [3.05, 3.63) is 82.2 Å². The molecule has 0 aliphatic heterocycles. The maximum atomic E-state index is 6.46. The molecule has 0 amide bonds. The van der Waals surface area contributed by atoms with Gasteiger partial charge >= 0.3 is 0 Å². The number of benzene rings is 2. The lowest BCUT2D eigenvalue weighted by molar-refractivity contribution is 0.241. The van der Waals surface area contributed by atoms with Gasteiger partial charge in [0.15, 0.2) is 6.10 Å². The van der Waals surface area contributed by atoms with Gasteiger partial charge in [-0.3, -0.25) is 5.10 Å². The standard InChI is InChI=1S/C23H28N2O/c1-15-8-10-19(13-17(15)3)26-22(21-11-12-24-25-21)20-14-18(23(4,5)6)9-7-16(20)2/h7-14,22H,1-6H3,(H,24,25). The van der Waals surface area contributed by atoms with Crippen molar-refractivity contribution in [2.45, 2.75) is 53.1 Å². The maximum absolute atomic E-state index is 6.46. The summed E-state index contributed by atoms with van der Waals surface area (Å²) in [6.07, 6.45) is 1.55. The van der Waals surface area contributed by atoms with Gasteiger partial charge in [0.05, 0.1) is 5.69 Å². The summed E-state index contributed by atoms with van der Waals surface area (Å²) >= 11 is 0. The van der Waals surface area contributed by atoms with E-state index >= 15 is 0 Å². The third kappa shape index (κ3) is 3.82. The second kappa shape index (κ2) is 6.99. The molecule has 1 aromatic heterocycles. The van der Waals surface area contributed by atoms with Gasteiger partial charge in [0, 0.05) is 11.8 Å². The minimum absolute atomic E-state index is 0.0848. The molecule has 0 saturated heterocycles. The van der Waals surface area contributed by atoms with Gasteiger partial charge in [-0.2, -0.15) is 5.10 Å². The zero-order valence-electron chi connectivity index (χ0n) is 16.6. The van der Waals surface area contributed by atoms with Crippen molar-refractivity contribution in [1.82, 2.24) is 10.2 Å². The third-order valence-electron chi connectivity index (χ3n) is 4.96. The molecule has 1 unspecified atom stereocenters. The molecule has 0 spiro atoms. The van der Waals surface area contributed by atoms with E-state index in [1.54, 1.807) is 6.20 Å². The van der Waals surface area contributed by atoms with Crippen LogP contribution in [0.5, 0.6) is 5.75 Å². The van der Waals surface area contributed by atoms with Crippen LogP contribution in [0.1, 0.15) is 60.4 Å². The number of aromatic nitrogens is 2. The maximum Gasteiger partial charge on any atom is 0.165 e. The minimum atomic E-state index is -0.220. The molecule has 2 aromatic carbocycles. The second-order valence-corrected chi connectivity index (χ2v) is 8.08. The van der Waals surface area contributed by atoms with Crippen molar-refractivity contribution in [3.63, 3.8) is 0 Å². The van der Waals surface area contributed by atoms with E-state index in [4.69, 9.17) is 4.74 Å². The Kier molecular flexibility index (Phi) is 4.90. The van der Waals surface area contributed by atoms with Crippen LogP contribution in [0.25, 0.3) is 0 Å². The highest BCUT2D eigenvalue weighted by Gasteiger charge is 2.23. The van der Waals surface area contributed by atoms with Crippen LogP contribution in [-0.4, -0.2) is 10.2 Å². The fourth-order valence-electron chi connectivity index (χ4n) is 3.02. The van der Waals surface area contributed by atoms with Crippen LogP contribution in [-0.2, 0) is 5.41 Å². The fourth-order valence-corrected chi connectivity index (χ4v) is 3.02. The van der Waals surface area contributed by atoms with Crippen molar-refractivity contribution in [3.8, 4) is 5.75 Å². The van der Waals surface area contributed by atoms with Crippen LogP contribution < -0.4 is 4.74 Å². The average Bonchev–Trinajstić information content (AvgIpc) is 3.10. The Morgan fingerprint density at radius 3 is 2.23 bits per heavy atom. The Labute approximate surface area is 156 Å². The fraction of sp³-hybridized carbons (Fsp3) is 0.348. The van der Waals surface area contributed by atoms with E-state index in [0.717, 1.165) is 11.4 Å². The third-order valence-corrected chi connectivity index (χ3v) is 4.96. The number of hydrogen-bond donors (Lipinski definition) is 1. The minimum Gasteiger partial charge on any atom is -0.479 e. The molecular formula is C23H28N2O. The normalized spacial score (nSPS) is 12.8. The zero-order chi connectivity index (χ0) is 18.9. The Balaban J connectivity index is 2.06. The molecule has 0 radical (unpaired) electrons. The molecular weight excluding hydrogens is 320 g/mol. The first-order chi connectivity index (χ1) is 12.3. The quantitative estimate of drug-likeness (QED) is 0.647. The summed E-state index contributed by atoms with van der Waals surface area (Å²) in [4.78, 5) is 0. The monoisotopic (exact) mass is 348 g/mol. The van der Waals surface area contributed by atoms with Crippen LogP contribution in [0.15, 0.2) is 48.7 Å². The summed E-state index contributed by atoms with van der Waals surface area (Å²) < 4.78 is 6.46. The predicted molar refractivity (Wildman–Crippen MR) is 107 cm³/mol.